The summed E-state index contributed by atoms with van der Waals surface area (Å²) in [6.07, 6.45) is 1.67. The second kappa shape index (κ2) is 4.43. The normalized spacial score (nSPS) is 10.8. The van der Waals surface area contributed by atoms with Crippen molar-refractivity contribution < 1.29 is 4.92 Å². The van der Waals surface area contributed by atoms with Crippen LogP contribution in [0.15, 0.2) is 41.0 Å². The van der Waals surface area contributed by atoms with E-state index in [1.165, 1.54) is 12.1 Å². The lowest BCUT2D eigenvalue weighted by Crippen LogP contribution is -1.87. The molecular formula is C12H7BrN4O2. The fourth-order valence-electron chi connectivity index (χ4n) is 1.75. The van der Waals surface area contributed by atoms with Crippen LogP contribution in [0.5, 0.6) is 0 Å². The van der Waals surface area contributed by atoms with Crippen LogP contribution in [0.1, 0.15) is 0 Å². The number of hydrogen-bond donors (Lipinski definition) is 1. The Bertz CT molecular complexity index is 767. The van der Waals surface area contributed by atoms with Gasteiger partial charge >= 0.3 is 0 Å². The van der Waals surface area contributed by atoms with Crippen molar-refractivity contribution in [1.82, 2.24) is 15.0 Å². The van der Waals surface area contributed by atoms with Gasteiger partial charge in [0.1, 0.15) is 5.82 Å². The van der Waals surface area contributed by atoms with E-state index in [1.54, 1.807) is 18.3 Å². The predicted octanol–water partition coefficient (Wildman–Crippen LogP) is 3.30. The molecule has 19 heavy (non-hydrogen) atoms. The monoisotopic (exact) mass is 318 g/mol. The molecule has 0 radical (unpaired) electrons. The first-order valence-electron chi connectivity index (χ1n) is 5.39. The molecule has 94 valence electrons. The van der Waals surface area contributed by atoms with Crippen molar-refractivity contribution in [2.75, 3.05) is 0 Å². The van der Waals surface area contributed by atoms with Gasteiger partial charge in [-0.3, -0.25) is 10.1 Å². The zero-order valence-corrected chi connectivity index (χ0v) is 11.1. The second-order valence-electron chi connectivity index (χ2n) is 3.91. The van der Waals surface area contributed by atoms with Gasteiger partial charge in [-0.2, -0.15) is 0 Å². The molecule has 2 heterocycles. The van der Waals surface area contributed by atoms with Crippen LogP contribution in [0.2, 0.25) is 0 Å². The number of nitro groups is 1. The summed E-state index contributed by atoms with van der Waals surface area (Å²) in [5.41, 5.74) is 2.25. The number of nitrogens with one attached hydrogen (secondary N) is 1. The van der Waals surface area contributed by atoms with E-state index < -0.39 is 4.92 Å². The van der Waals surface area contributed by atoms with Crippen LogP contribution < -0.4 is 0 Å². The highest BCUT2D eigenvalue weighted by Gasteiger charge is 2.09. The summed E-state index contributed by atoms with van der Waals surface area (Å²) in [6.45, 7) is 0. The number of rotatable bonds is 2. The van der Waals surface area contributed by atoms with Gasteiger partial charge in [-0.05, 0) is 34.1 Å². The molecule has 1 N–H and O–H groups in total. The predicted molar refractivity (Wildman–Crippen MR) is 73.7 cm³/mol. The minimum Gasteiger partial charge on any atom is -0.337 e. The van der Waals surface area contributed by atoms with Crippen molar-refractivity contribution in [3.8, 4) is 11.4 Å². The maximum absolute atomic E-state index is 10.6. The third-order valence-electron chi connectivity index (χ3n) is 2.66. The summed E-state index contributed by atoms with van der Waals surface area (Å²) in [7, 11) is 0. The van der Waals surface area contributed by atoms with Crippen molar-refractivity contribution in [1.29, 1.82) is 0 Å². The molecule has 0 amide bonds. The Morgan fingerprint density at radius 2 is 2.00 bits per heavy atom. The Balaban J connectivity index is 2.06. The number of hydrogen-bond acceptors (Lipinski definition) is 4. The van der Waals surface area contributed by atoms with Crippen LogP contribution in [0, 0.1) is 10.1 Å². The van der Waals surface area contributed by atoms with Crippen molar-refractivity contribution in [3.05, 3.63) is 51.1 Å². The van der Waals surface area contributed by atoms with E-state index in [0.29, 0.717) is 11.5 Å². The standard InChI is InChI=1S/C12H7BrN4O2/c13-8-5-10-12(14-6-8)16-11(15-10)7-1-3-9(4-2-7)17(18)19/h1-6H,(H,14,15,16). The molecule has 0 bridgehead atoms. The summed E-state index contributed by atoms with van der Waals surface area (Å²) in [5.74, 6) is 0.635. The molecule has 0 aliphatic heterocycles. The number of aromatic nitrogens is 3. The van der Waals surface area contributed by atoms with Gasteiger partial charge in [0.05, 0.1) is 10.4 Å². The highest BCUT2D eigenvalue weighted by Crippen LogP contribution is 2.23. The maximum Gasteiger partial charge on any atom is 0.269 e. The molecule has 3 rings (SSSR count). The average molecular weight is 319 g/mol. The number of nitro benzene ring substituents is 1. The summed E-state index contributed by atoms with van der Waals surface area (Å²) in [5, 5.41) is 10.6. The lowest BCUT2D eigenvalue weighted by atomic mass is 10.2. The number of halogens is 1. The van der Waals surface area contributed by atoms with E-state index in [1.807, 2.05) is 6.07 Å². The number of aromatic amines is 1. The lowest BCUT2D eigenvalue weighted by molar-refractivity contribution is -0.384. The topological polar surface area (TPSA) is 84.7 Å². The number of benzene rings is 1. The molecule has 2 aromatic heterocycles. The molecule has 0 unspecified atom stereocenters. The Labute approximate surface area is 115 Å². The number of nitrogens with zero attached hydrogens (tertiary/aromatic N) is 3. The van der Waals surface area contributed by atoms with Gasteiger partial charge in [0, 0.05) is 28.4 Å². The molecule has 0 aliphatic rings. The van der Waals surface area contributed by atoms with Crippen molar-refractivity contribution in [2.24, 2.45) is 0 Å². The number of fused-ring (bicyclic) bond motifs is 1. The van der Waals surface area contributed by atoms with E-state index in [0.717, 1.165) is 15.6 Å². The number of H-pyrrole nitrogens is 1. The van der Waals surface area contributed by atoms with E-state index >= 15 is 0 Å². The Morgan fingerprint density at radius 1 is 1.26 bits per heavy atom. The Morgan fingerprint density at radius 3 is 2.68 bits per heavy atom. The lowest BCUT2D eigenvalue weighted by Gasteiger charge is -1.95. The molecule has 3 aromatic rings. The van der Waals surface area contributed by atoms with E-state index in [2.05, 4.69) is 30.9 Å². The molecule has 1 aromatic carbocycles. The molecule has 6 nitrogen and oxygen atoms in total. The quantitative estimate of drug-likeness (QED) is 0.580. The largest absolute Gasteiger partial charge is 0.337 e. The summed E-state index contributed by atoms with van der Waals surface area (Å²) in [6, 6.07) is 8.09. The fraction of sp³-hybridized carbons (Fsp3) is 0. The molecule has 0 atom stereocenters. The third-order valence-corrected chi connectivity index (χ3v) is 3.09. The minimum atomic E-state index is -0.429. The Hall–Kier alpha value is -2.28. The summed E-state index contributed by atoms with van der Waals surface area (Å²) in [4.78, 5) is 21.8. The van der Waals surface area contributed by atoms with Crippen LogP contribution in [-0.2, 0) is 0 Å². The maximum atomic E-state index is 10.6. The first kappa shape index (κ1) is 11.8. The highest BCUT2D eigenvalue weighted by molar-refractivity contribution is 9.10. The van der Waals surface area contributed by atoms with Gasteiger partial charge in [-0.1, -0.05) is 0 Å². The summed E-state index contributed by atoms with van der Waals surface area (Å²) < 4.78 is 0.860. The summed E-state index contributed by atoms with van der Waals surface area (Å²) >= 11 is 3.34. The zero-order chi connectivity index (χ0) is 13.4. The van der Waals surface area contributed by atoms with Gasteiger partial charge < -0.3 is 4.98 Å². The first-order valence-corrected chi connectivity index (χ1v) is 6.19. The first-order chi connectivity index (χ1) is 9.13. The van der Waals surface area contributed by atoms with Crippen LogP contribution in [0.3, 0.4) is 0 Å². The molecule has 7 heteroatoms. The van der Waals surface area contributed by atoms with Crippen LogP contribution in [-0.4, -0.2) is 19.9 Å². The molecule has 0 saturated heterocycles. The van der Waals surface area contributed by atoms with Crippen molar-refractivity contribution >= 4 is 32.8 Å². The fourth-order valence-corrected chi connectivity index (χ4v) is 2.08. The van der Waals surface area contributed by atoms with Gasteiger partial charge in [0.25, 0.3) is 5.69 Å². The number of non-ortho nitro benzene ring substituents is 1. The van der Waals surface area contributed by atoms with E-state index in [-0.39, 0.29) is 5.69 Å². The van der Waals surface area contributed by atoms with Crippen molar-refractivity contribution in [3.63, 3.8) is 0 Å². The van der Waals surface area contributed by atoms with Gasteiger partial charge in [-0.25, -0.2) is 9.97 Å². The van der Waals surface area contributed by atoms with Crippen LogP contribution in [0.4, 0.5) is 5.69 Å². The molecular weight excluding hydrogens is 312 g/mol. The number of pyridine rings is 1. The minimum absolute atomic E-state index is 0.0562. The smallest absolute Gasteiger partial charge is 0.269 e. The third kappa shape index (κ3) is 2.19. The van der Waals surface area contributed by atoms with Gasteiger partial charge in [0.2, 0.25) is 0 Å². The second-order valence-corrected chi connectivity index (χ2v) is 4.83. The van der Waals surface area contributed by atoms with Crippen LogP contribution >= 0.6 is 15.9 Å². The SMILES string of the molecule is O=[N+]([O-])c1ccc(-c2nc3ncc(Br)cc3[nH]2)cc1. The van der Waals surface area contributed by atoms with Crippen LogP contribution in [0.25, 0.3) is 22.6 Å². The van der Waals surface area contributed by atoms with E-state index in [9.17, 15) is 10.1 Å². The molecule has 0 spiro atoms. The zero-order valence-electron chi connectivity index (χ0n) is 9.50. The highest BCUT2D eigenvalue weighted by atomic mass is 79.9. The van der Waals surface area contributed by atoms with Crippen molar-refractivity contribution in [2.45, 2.75) is 0 Å². The Kier molecular flexibility index (Phi) is 2.75. The van der Waals surface area contributed by atoms with Gasteiger partial charge in [-0.15, -0.1) is 0 Å². The molecule has 0 aliphatic carbocycles. The molecule has 0 saturated carbocycles. The van der Waals surface area contributed by atoms with Gasteiger partial charge in [0.15, 0.2) is 5.65 Å². The van der Waals surface area contributed by atoms with E-state index in [4.69, 9.17) is 0 Å². The average Bonchev–Trinajstić information content (AvgIpc) is 2.81. The molecule has 0 fully saturated rings. The number of imidazole rings is 1.